The minimum Gasteiger partial charge on any atom is -0.465 e. The van der Waals surface area contributed by atoms with Gasteiger partial charge in [-0.05, 0) is 51.2 Å². The molecule has 0 bridgehead atoms. The monoisotopic (exact) mass is 522 g/mol. The van der Waals surface area contributed by atoms with Crippen molar-refractivity contribution in [2.45, 2.75) is 52.3 Å². The van der Waals surface area contributed by atoms with Gasteiger partial charge in [-0.15, -0.1) is 0 Å². The Balaban J connectivity index is 1.86. The molecule has 1 aliphatic rings. The van der Waals surface area contributed by atoms with E-state index in [2.05, 4.69) is 15.3 Å². The molecular formula is C25H29F3N4O5. The zero-order chi connectivity index (χ0) is 27.1. The molecule has 2 heterocycles. The Labute approximate surface area is 212 Å². The number of carbonyl (C=O) groups excluding carboxylic acids is 3. The van der Waals surface area contributed by atoms with E-state index in [0.717, 1.165) is 6.07 Å². The van der Waals surface area contributed by atoms with Crippen LogP contribution in [0, 0.1) is 5.41 Å². The van der Waals surface area contributed by atoms with E-state index in [-0.39, 0.29) is 49.6 Å². The van der Waals surface area contributed by atoms with Crippen LogP contribution in [0.4, 0.5) is 19.0 Å². The van der Waals surface area contributed by atoms with Crippen molar-refractivity contribution in [2.75, 3.05) is 25.1 Å². The summed E-state index contributed by atoms with van der Waals surface area (Å²) in [6.07, 6.45) is -1.67. The zero-order valence-electron chi connectivity index (χ0n) is 20.6. The Kier molecular flexibility index (Phi) is 9.06. The molecule has 0 saturated carbocycles. The molecular weight excluding hydrogens is 493 g/mol. The topological polar surface area (TPSA) is 112 Å². The molecule has 2 aromatic rings. The molecule has 9 nitrogen and oxygen atoms in total. The average molecular weight is 523 g/mol. The fourth-order valence-electron chi connectivity index (χ4n) is 4.26. The van der Waals surface area contributed by atoms with Crippen molar-refractivity contribution in [3.05, 3.63) is 47.4 Å². The highest BCUT2D eigenvalue weighted by molar-refractivity contribution is 6.04. The Morgan fingerprint density at radius 2 is 1.76 bits per heavy atom. The molecule has 0 saturated heterocycles. The summed E-state index contributed by atoms with van der Waals surface area (Å²) in [5.74, 6) is -1.61. The fourth-order valence-corrected chi connectivity index (χ4v) is 4.26. The van der Waals surface area contributed by atoms with Gasteiger partial charge in [0.15, 0.2) is 11.1 Å². The van der Waals surface area contributed by atoms with Crippen LogP contribution in [0.3, 0.4) is 0 Å². The maximum Gasteiger partial charge on any atom is 0.416 e. The first kappa shape index (κ1) is 27.9. The van der Waals surface area contributed by atoms with Crippen LogP contribution in [0.1, 0.15) is 54.7 Å². The molecule has 1 N–H and O–H groups in total. The van der Waals surface area contributed by atoms with Crippen LogP contribution in [-0.2, 0) is 38.2 Å². The number of esters is 2. The van der Waals surface area contributed by atoms with Gasteiger partial charge in [0.1, 0.15) is 12.4 Å². The smallest absolute Gasteiger partial charge is 0.416 e. The third kappa shape index (κ3) is 6.36. The van der Waals surface area contributed by atoms with Gasteiger partial charge in [-0.2, -0.15) is 13.2 Å². The Morgan fingerprint density at radius 3 is 2.41 bits per heavy atom. The predicted octanol–water partition coefficient (Wildman–Crippen LogP) is 4.06. The molecule has 12 heteroatoms. The molecule has 0 radical (unpaired) electrons. The molecule has 1 aliphatic heterocycles. The predicted molar refractivity (Wildman–Crippen MR) is 128 cm³/mol. The van der Waals surface area contributed by atoms with Crippen molar-refractivity contribution in [3.63, 3.8) is 0 Å². The van der Waals surface area contributed by atoms with E-state index in [1.54, 1.807) is 18.4 Å². The van der Waals surface area contributed by atoms with Crippen molar-refractivity contribution < 1.29 is 37.0 Å². The van der Waals surface area contributed by atoms with Crippen LogP contribution in [0.2, 0.25) is 0 Å². The maximum atomic E-state index is 13.7. The molecule has 0 aliphatic carbocycles. The van der Waals surface area contributed by atoms with Gasteiger partial charge in [-0.25, -0.2) is 4.98 Å². The van der Waals surface area contributed by atoms with Crippen LogP contribution < -0.4 is 5.32 Å². The van der Waals surface area contributed by atoms with Crippen molar-refractivity contribution >= 4 is 29.9 Å². The summed E-state index contributed by atoms with van der Waals surface area (Å²) in [6.45, 7) is 3.36. The number of benzene rings is 1. The number of aliphatic imine (C=N–C) groups is 1. The van der Waals surface area contributed by atoms with E-state index in [1.165, 1.54) is 30.9 Å². The van der Waals surface area contributed by atoms with Gasteiger partial charge in [0.25, 0.3) is 0 Å². The van der Waals surface area contributed by atoms with E-state index in [0.29, 0.717) is 18.8 Å². The normalized spacial score (nSPS) is 13.5. The van der Waals surface area contributed by atoms with Gasteiger partial charge in [-0.1, -0.05) is 18.2 Å². The van der Waals surface area contributed by atoms with Gasteiger partial charge < -0.3 is 19.4 Å². The molecule has 200 valence electrons. The van der Waals surface area contributed by atoms with Gasteiger partial charge in [0.05, 0.1) is 31.4 Å². The van der Waals surface area contributed by atoms with Crippen LogP contribution in [0.5, 0.6) is 0 Å². The van der Waals surface area contributed by atoms with Crippen LogP contribution in [-0.4, -0.2) is 53.4 Å². The lowest BCUT2D eigenvalue weighted by molar-refractivity contribution is -0.173. The summed E-state index contributed by atoms with van der Waals surface area (Å²) >= 11 is 0. The standard InChI is InChI=1S/C25H29F3N4O5/c1-3-36-22(34)24(23(35)37-4-2,13-17-9-5-6-10-18(17)25(26,27)28)11-7-8-12-32-16-31-20-19(33)14-29-15-30-21(20)32/h5-6,9-10,15-16H,3-4,7-8,11-14H2,1-2H3,(H,29,30). The van der Waals surface area contributed by atoms with E-state index in [4.69, 9.17) is 9.47 Å². The molecule has 0 spiro atoms. The molecule has 0 unspecified atom stereocenters. The number of carbonyl (C=O) groups is 3. The number of alkyl halides is 3. The van der Waals surface area contributed by atoms with E-state index >= 15 is 0 Å². The quantitative estimate of drug-likeness (QED) is 0.269. The van der Waals surface area contributed by atoms with Crippen LogP contribution >= 0.6 is 0 Å². The van der Waals surface area contributed by atoms with Gasteiger partial charge in [0, 0.05) is 6.54 Å². The minimum atomic E-state index is -4.67. The lowest BCUT2D eigenvalue weighted by Gasteiger charge is -2.30. The number of nitrogens with one attached hydrogen (secondary N) is 1. The molecule has 3 rings (SSSR count). The largest absolute Gasteiger partial charge is 0.465 e. The number of halogens is 3. The van der Waals surface area contributed by atoms with E-state index in [1.807, 2.05) is 0 Å². The minimum absolute atomic E-state index is 0.0159. The molecule has 0 fully saturated rings. The first-order chi connectivity index (χ1) is 17.6. The molecule has 0 amide bonds. The Morgan fingerprint density at radius 1 is 1.08 bits per heavy atom. The second-order valence-corrected chi connectivity index (χ2v) is 8.48. The number of anilines is 1. The number of aromatic nitrogens is 2. The molecule has 37 heavy (non-hydrogen) atoms. The van der Waals surface area contributed by atoms with Gasteiger partial charge in [0.2, 0.25) is 5.78 Å². The first-order valence-electron chi connectivity index (χ1n) is 12.0. The summed E-state index contributed by atoms with van der Waals surface area (Å²) in [7, 11) is 0. The number of unbranched alkanes of at least 4 members (excludes halogenated alkanes) is 1. The van der Waals surface area contributed by atoms with Gasteiger partial charge in [-0.3, -0.25) is 19.4 Å². The second-order valence-electron chi connectivity index (χ2n) is 8.48. The number of ether oxygens (including phenoxy) is 2. The van der Waals surface area contributed by atoms with Crippen molar-refractivity contribution in [2.24, 2.45) is 10.4 Å². The number of ketones is 1. The highest BCUT2D eigenvalue weighted by Gasteiger charge is 2.49. The SMILES string of the molecule is CCOC(=O)C(CCCCn1cnc2c1NC=NCC2=O)(Cc1ccccc1C(F)(F)F)C(=O)OCC. The highest BCUT2D eigenvalue weighted by Crippen LogP contribution is 2.39. The second kappa shape index (κ2) is 12.0. The molecule has 0 atom stereocenters. The summed E-state index contributed by atoms with van der Waals surface area (Å²) < 4.78 is 53.2. The summed E-state index contributed by atoms with van der Waals surface area (Å²) in [4.78, 5) is 46.5. The average Bonchev–Trinajstić information content (AvgIpc) is 3.16. The van der Waals surface area contributed by atoms with Crippen molar-refractivity contribution in [1.82, 2.24) is 9.55 Å². The van der Waals surface area contributed by atoms with E-state index < -0.39 is 35.5 Å². The first-order valence-corrected chi connectivity index (χ1v) is 12.0. The zero-order valence-corrected chi connectivity index (χ0v) is 20.6. The number of hydrogen-bond acceptors (Lipinski definition) is 8. The van der Waals surface area contributed by atoms with Crippen molar-refractivity contribution in [3.8, 4) is 0 Å². The number of nitrogens with zero attached hydrogens (tertiary/aromatic N) is 3. The van der Waals surface area contributed by atoms with Crippen molar-refractivity contribution in [1.29, 1.82) is 0 Å². The third-order valence-electron chi connectivity index (χ3n) is 6.03. The lowest BCUT2D eigenvalue weighted by Crippen LogP contribution is -2.44. The number of hydrogen-bond donors (Lipinski definition) is 1. The van der Waals surface area contributed by atoms with Gasteiger partial charge >= 0.3 is 18.1 Å². The van der Waals surface area contributed by atoms with Crippen LogP contribution in [0.25, 0.3) is 0 Å². The summed E-state index contributed by atoms with van der Waals surface area (Å²) in [5.41, 5.74) is -2.82. The highest BCUT2D eigenvalue weighted by atomic mass is 19.4. The lowest BCUT2D eigenvalue weighted by atomic mass is 9.76. The Bertz CT molecular complexity index is 1140. The Hall–Kier alpha value is -3.70. The number of aryl methyl sites for hydroxylation is 1. The maximum absolute atomic E-state index is 13.7. The molecule has 1 aromatic heterocycles. The van der Waals surface area contributed by atoms with Crippen LogP contribution in [0.15, 0.2) is 35.6 Å². The fraction of sp³-hybridized carbons (Fsp3) is 0.480. The summed E-state index contributed by atoms with van der Waals surface area (Å²) in [5, 5.41) is 2.92. The third-order valence-corrected chi connectivity index (χ3v) is 6.03. The number of Topliss-reactive ketones (excluding diaryl/α,β-unsaturated/α-hetero) is 1. The number of rotatable bonds is 11. The molecule has 1 aromatic carbocycles. The summed E-state index contributed by atoms with van der Waals surface area (Å²) in [6, 6.07) is 4.84. The van der Waals surface area contributed by atoms with E-state index in [9.17, 15) is 27.6 Å². The number of imidazole rings is 1. The number of fused-ring (bicyclic) bond motifs is 1.